The first kappa shape index (κ1) is 19.7. The fourth-order valence-corrected chi connectivity index (χ4v) is 2.95. The van der Waals surface area contributed by atoms with E-state index in [2.05, 4.69) is 5.32 Å². The SMILES string of the molecule is COc1ccc(CC(=O)NCCc2ccc(S(N)(=O)=O)cc2)cc1OC. The van der Waals surface area contributed by atoms with Gasteiger partial charge in [-0.3, -0.25) is 4.79 Å². The van der Waals surface area contributed by atoms with Gasteiger partial charge in [0.25, 0.3) is 0 Å². The first-order chi connectivity index (χ1) is 12.3. The van der Waals surface area contributed by atoms with E-state index in [9.17, 15) is 13.2 Å². The lowest BCUT2D eigenvalue weighted by Crippen LogP contribution is -2.27. The van der Waals surface area contributed by atoms with Gasteiger partial charge in [-0.25, -0.2) is 13.6 Å². The molecule has 2 aromatic rings. The maximum absolute atomic E-state index is 12.1. The van der Waals surface area contributed by atoms with Gasteiger partial charge in [-0.05, 0) is 41.8 Å². The summed E-state index contributed by atoms with van der Waals surface area (Å²) in [5.41, 5.74) is 1.72. The summed E-state index contributed by atoms with van der Waals surface area (Å²) < 4.78 is 32.8. The molecule has 0 unspecified atom stereocenters. The zero-order valence-corrected chi connectivity index (χ0v) is 15.5. The highest BCUT2D eigenvalue weighted by Gasteiger charge is 2.09. The third-order valence-electron chi connectivity index (χ3n) is 3.80. The summed E-state index contributed by atoms with van der Waals surface area (Å²) >= 11 is 0. The summed E-state index contributed by atoms with van der Waals surface area (Å²) in [6, 6.07) is 11.6. The van der Waals surface area contributed by atoms with Crippen LogP contribution in [0.3, 0.4) is 0 Å². The number of sulfonamides is 1. The molecule has 2 aromatic carbocycles. The number of carbonyl (C=O) groups is 1. The van der Waals surface area contributed by atoms with Crippen molar-refractivity contribution in [2.45, 2.75) is 17.7 Å². The molecule has 0 aliphatic heterocycles. The van der Waals surface area contributed by atoms with Crippen molar-refractivity contribution in [2.75, 3.05) is 20.8 Å². The molecule has 0 atom stereocenters. The molecule has 0 saturated carbocycles. The third-order valence-corrected chi connectivity index (χ3v) is 4.73. The molecule has 26 heavy (non-hydrogen) atoms. The number of ether oxygens (including phenoxy) is 2. The van der Waals surface area contributed by atoms with Crippen LogP contribution in [0.5, 0.6) is 11.5 Å². The lowest BCUT2D eigenvalue weighted by atomic mass is 10.1. The number of nitrogens with two attached hydrogens (primary N) is 1. The van der Waals surface area contributed by atoms with E-state index in [0.29, 0.717) is 24.5 Å². The van der Waals surface area contributed by atoms with Gasteiger partial charge >= 0.3 is 0 Å². The van der Waals surface area contributed by atoms with Gasteiger partial charge in [0, 0.05) is 6.54 Å². The average Bonchev–Trinajstić information content (AvgIpc) is 2.61. The summed E-state index contributed by atoms with van der Waals surface area (Å²) in [7, 11) is -0.588. The predicted molar refractivity (Wildman–Crippen MR) is 97.8 cm³/mol. The maximum atomic E-state index is 12.1. The Bertz CT molecular complexity index is 864. The summed E-state index contributed by atoms with van der Waals surface area (Å²) in [4.78, 5) is 12.1. The quantitative estimate of drug-likeness (QED) is 0.719. The summed E-state index contributed by atoms with van der Waals surface area (Å²) in [5, 5.41) is 7.89. The van der Waals surface area contributed by atoms with Crippen molar-refractivity contribution >= 4 is 15.9 Å². The monoisotopic (exact) mass is 378 g/mol. The second-order valence-corrected chi connectivity index (χ2v) is 7.22. The molecule has 1 amide bonds. The standard InChI is InChI=1S/C18H22N2O5S/c1-24-16-8-5-14(11-17(16)25-2)12-18(21)20-10-9-13-3-6-15(7-4-13)26(19,22)23/h3-8,11H,9-10,12H2,1-2H3,(H,20,21)(H2,19,22,23). The second-order valence-electron chi connectivity index (χ2n) is 5.66. The molecule has 0 aromatic heterocycles. The van der Waals surface area contributed by atoms with Crippen molar-refractivity contribution in [3.05, 3.63) is 53.6 Å². The molecule has 3 N–H and O–H groups in total. The molecule has 7 nitrogen and oxygen atoms in total. The van der Waals surface area contributed by atoms with Crippen LogP contribution in [0.25, 0.3) is 0 Å². The summed E-state index contributed by atoms with van der Waals surface area (Å²) in [6.07, 6.45) is 0.813. The molecule has 0 heterocycles. The van der Waals surface area contributed by atoms with Gasteiger partial charge in [0.2, 0.25) is 15.9 Å². The molecule has 0 fully saturated rings. The summed E-state index contributed by atoms with van der Waals surface area (Å²) in [6.45, 7) is 0.445. The van der Waals surface area contributed by atoms with Gasteiger partial charge < -0.3 is 14.8 Å². The van der Waals surface area contributed by atoms with Gasteiger partial charge in [-0.1, -0.05) is 18.2 Å². The lowest BCUT2D eigenvalue weighted by molar-refractivity contribution is -0.120. The van der Waals surface area contributed by atoms with Gasteiger partial charge in [-0.2, -0.15) is 0 Å². The fourth-order valence-electron chi connectivity index (χ4n) is 2.43. The molecule has 0 bridgehead atoms. The van der Waals surface area contributed by atoms with Crippen molar-refractivity contribution in [2.24, 2.45) is 5.14 Å². The highest BCUT2D eigenvalue weighted by Crippen LogP contribution is 2.27. The minimum Gasteiger partial charge on any atom is -0.493 e. The smallest absolute Gasteiger partial charge is 0.238 e. The van der Waals surface area contributed by atoms with Gasteiger partial charge in [0.15, 0.2) is 11.5 Å². The second kappa shape index (κ2) is 8.68. The Morgan fingerprint density at radius 3 is 2.19 bits per heavy atom. The van der Waals surface area contributed by atoms with Crippen LogP contribution in [-0.2, 0) is 27.7 Å². The number of hydrogen-bond acceptors (Lipinski definition) is 5. The molecule has 0 aliphatic carbocycles. The van der Waals surface area contributed by atoms with Crippen LogP contribution in [0, 0.1) is 0 Å². The van der Waals surface area contributed by atoms with E-state index in [1.807, 2.05) is 6.07 Å². The minimum atomic E-state index is -3.69. The van der Waals surface area contributed by atoms with Gasteiger partial charge in [-0.15, -0.1) is 0 Å². The first-order valence-corrected chi connectivity index (χ1v) is 9.47. The molecule has 8 heteroatoms. The molecule has 0 radical (unpaired) electrons. The Morgan fingerprint density at radius 2 is 1.62 bits per heavy atom. The van der Waals surface area contributed by atoms with E-state index in [0.717, 1.165) is 11.1 Å². The van der Waals surface area contributed by atoms with Crippen molar-refractivity contribution in [1.29, 1.82) is 0 Å². The van der Waals surface area contributed by atoms with E-state index in [4.69, 9.17) is 14.6 Å². The normalized spacial score (nSPS) is 11.0. The Hall–Kier alpha value is -2.58. The van der Waals surface area contributed by atoms with Crippen LogP contribution in [0.1, 0.15) is 11.1 Å². The van der Waals surface area contributed by atoms with Gasteiger partial charge in [0.1, 0.15) is 0 Å². The van der Waals surface area contributed by atoms with Crippen molar-refractivity contribution in [3.63, 3.8) is 0 Å². The van der Waals surface area contributed by atoms with Crippen LogP contribution in [0.4, 0.5) is 0 Å². The number of benzene rings is 2. The fraction of sp³-hybridized carbons (Fsp3) is 0.278. The molecular weight excluding hydrogens is 356 g/mol. The number of nitrogens with one attached hydrogen (secondary N) is 1. The van der Waals surface area contributed by atoms with Crippen LogP contribution < -0.4 is 19.9 Å². The topological polar surface area (TPSA) is 108 Å². The number of carbonyl (C=O) groups excluding carboxylic acids is 1. The minimum absolute atomic E-state index is 0.0683. The zero-order chi connectivity index (χ0) is 19.2. The van der Waals surface area contributed by atoms with E-state index in [-0.39, 0.29) is 17.2 Å². The van der Waals surface area contributed by atoms with Crippen LogP contribution in [0.15, 0.2) is 47.4 Å². The highest BCUT2D eigenvalue weighted by atomic mass is 32.2. The van der Waals surface area contributed by atoms with Crippen LogP contribution in [0.2, 0.25) is 0 Å². The molecule has 0 spiro atoms. The molecule has 140 valence electrons. The Labute approximate surface area is 153 Å². The highest BCUT2D eigenvalue weighted by molar-refractivity contribution is 7.89. The number of hydrogen-bond donors (Lipinski definition) is 2. The third kappa shape index (κ3) is 5.47. The van der Waals surface area contributed by atoms with Crippen LogP contribution in [-0.4, -0.2) is 35.1 Å². The molecule has 2 rings (SSSR count). The van der Waals surface area contributed by atoms with Gasteiger partial charge in [0.05, 0.1) is 25.5 Å². The lowest BCUT2D eigenvalue weighted by Gasteiger charge is -2.10. The van der Waals surface area contributed by atoms with E-state index in [1.165, 1.54) is 12.1 Å². The number of rotatable bonds is 8. The Balaban J connectivity index is 1.85. The van der Waals surface area contributed by atoms with E-state index < -0.39 is 10.0 Å². The maximum Gasteiger partial charge on any atom is 0.238 e. The number of amides is 1. The first-order valence-electron chi connectivity index (χ1n) is 7.93. The number of primary sulfonamides is 1. The Kier molecular flexibility index (Phi) is 6.59. The van der Waals surface area contributed by atoms with E-state index >= 15 is 0 Å². The zero-order valence-electron chi connectivity index (χ0n) is 14.7. The Morgan fingerprint density at radius 1 is 1.00 bits per heavy atom. The molecular formula is C18H22N2O5S. The average molecular weight is 378 g/mol. The number of methoxy groups -OCH3 is 2. The van der Waals surface area contributed by atoms with Crippen molar-refractivity contribution in [3.8, 4) is 11.5 Å². The van der Waals surface area contributed by atoms with E-state index in [1.54, 1.807) is 38.5 Å². The van der Waals surface area contributed by atoms with Crippen LogP contribution >= 0.6 is 0 Å². The largest absolute Gasteiger partial charge is 0.493 e. The summed E-state index contributed by atoms with van der Waals surface area (Å²) in [5.74, 6) is 1.07. The molecule has 0 saturated heterocycles. The predicted octanol–water partition coefficient (Wildman–Crippen LogP) is 1.25. The van der Waals surface area contributed by atoms with Crippen molar-refractivity contribution in [1.82, 2.24) is 5.32 Å². The molecule has 0 aliphatic rings. The van der Waals surface area contributed by atoms with Crippen molar-refractivity contribution < 1.29 is 22.7 Å².